The number of benzene rings is 1. The topological polar surface area (TPSA) is 81.3 Å². The van der Waals surface area contributed by atoms with E-state index in [9.17, 15) is 14.9 Å². The van der Waals surface area contributed by atoms with E-state index >= 15 is 0 Å². The molecule has 0 radical (unpaired) electrons. The van der Waals surface area contributed by atoms with Gasteiger partial charge in [-0.25, -0.2) is 0 Å². The van der Waals surface area contributed by atoms with E-state index in [1.807, 2.05) is 25.1 Å². The van der Waals surface area contributed by atoms with Gasteiger partial charge >= 0.3 is 5.82 Å². The zero-order chi connectivity index (χ0) is 14.7. The first kappa shape index (κ1) is 13.7. The van der Waals surface area contributed by atoms with Gasteiger partial charge in [0.25, 0.3) is 5.91 Å². The molecule has 2 aromatic rings. The highest BCUT2D eigenvalue weighted by molar-refractivity contribution is 6.08. The molecule has 0 aliphatic rings. The molecule has 1 heterocycles. The molecule has 0 N–H and O–H groups in total. The summed E-state index contributed by atoms with van der Waals surface area (Å²) in [6.45, 7) is 2.22. The largest absolute Gasteiger partial charge is 0.402 e. The van der Waals surface area contributed by atoms with E-state index in [4.69, 9.17) is 0 Å². The van der Waals surface area contributed by atoms with E-state index in [1.165, 1.54) is 15.8 Å². The Kier molecular flexibility index (Phi) is 3.79. The molecule has 0 unspecified atom stereocenters. The number of aryl methyl sites for hydroxylation is 1. The number of rotatable bonds is 4. The Hall–Kier alpha value is -2.70. The van der Waals surface area contributed by atoms with Gasteiger partial charge < -0.3 is 15.0 Å². The predicted molar refractivity (Wildman–Crippen MR) is 73.7 cm³/mol. The summed E-state index contributed by atoms with van der Waals surface area (Å²) in [4.78, 5) is 24.3. The molecule has 20 heavy (non-hydrogen) atoms. The van der Waals surface area contributed by atoms with Crippen molar-refractivity contribution in [2.24, 2.45) is 7.05 Å². The zero-order valence-electron chi connectivity index (χ0n) is 11.2. The Morgan fingerprint density at radius 1 is 1.40 bits per heavy atom. The molecule has 2 rings (SSSR count). The summed E-state index contributed by atoms with van der Waals surface area (Å²) in [7, 11) is 1.54. The Bertz CT molecular complexity index is 636. The molecule has 0 aliphatic heterocycles. The van der Waals surface area contributed by atoms with Crippen LogP contribution in [0.5, 0.6) is 0 Å². The second-order valence-electron chi connectivity index (χ2n) is 4.18. The average Bonchev–Trinajstić information content (AvgIpc) is 2.83. The number of para-hydroxylation sites is 1. The Labute approximate surface area is 115 Å². The van der Waals surface area contributed by atoms with Crippen molar-refractivity contribution in [3.05, 3.63) is 52.2 Å². The van der Waals surface area contributed by atoms with Crippen LogP contribution in [0.25, 0.3) is 0 Å². The molecule has 104 valence electrons. The summed E-state index contributed by atoms with van der Waals surface area (Å²) in [5.41, 5.74) is 0.682. The van der Waals surface area contributed by atoms with Crippen LogP contribution in [0.3, 0.4) is 0 Å². The molecule has 0 saturated carbocycles. The van der Waals surface area contributed by atoms with Crippen molar-refractivity contribution in [3.63, 3.8) is 0 Å². The minimum absolute atomic E-state index is 0.0109. The van der Waals surface area contributed by atoms with Gasteiger partial charge in [-0.05, 0) is 24.0 Å². The van der Waals surface area contributed by atoms with Gasteiger partial charge in [-0.2, -0.15) is 4.68 Å². The highest BCUT2D eigenvalue weighted by atomic mass is 16.6. The van der Waals surface area contributed by atoms with Crippen LogP contribution in [-0.4, -0.2) is 27.2 Å². The molecule has 0 saturated heterocycles. The standard InChI is InChI=1S/C13H14N4O3/c1-3-16(10-7-5-4-6-8-10)13(18)11-9-15(2)14-12(11)17(19)20/h4-9H,3H2,1-2H3. The van der Waals surface area contributed by atoms with E-state index in [2.05, 4.69) is 5.10 Å². The lowest BCUT2D eigenvalue weighted by Gasteiger charge is -2.19. The van der Waals surface area contributed by atoms with E-state index in [0.717, 1.165) is 0 Å². The monoisotopic (exact) mass is 274 g/mol. The summed E-state index contributed by atoms with van der Waals surface area (Å²) < 4.78 is 1.27. The van der Waals surface area contributed by atoms with E-state index in [-0.39, 0.29) is 5.56 Å². The Morgan fingerprint density at radius 3 is 2.60 bits per heavy atom. The van der Waals surface area contributed by atoms with E-state index in [1.54, 1.807) is 19.2 Å². The van der Waals surface area contributed by atoms with Crippen molar-refractivity contribution in [1.29, 1.82) is 0 Å². The molecule has 1 amide bonds. The molecule has 7 heteroatoms. The van der Waals surface area contributed by atoms with E-state index < -0.39 is 16.6 Å². The van der Waals surface area contributed by atoms with Gasteiger partial charge in [0.05, 0.1) is 18.3 Å². The molecule has 0 atom stereocenters. The summed E-state index contributed by atoms with van der Waals surface area (Å²) in [5.74, 6) is -0.856. The van der Waals surface area contributed by atoms with Crippen LogP contribution < -0.4 is 4.90 Å². The maximum Gasteiger partial charge on any atom is 0.402 e. The molecule has 0 aliphatic carbocycles. The van der Waals surface area contributed by atoms with Crippen LogP contribution in [0.4, 0.5) is 11.5 Å². The third-order valence-electron chi connectivity index (χ3n) is 2.84. The maximum atomic E-state index is 12.5. The van der Waals surface area contributed by atoms with Crippen molar-refractivity contribution in [1.82, 2.24) is 9.78 Å². The number of nitrogens with zero attached hydrogens (tertiary/aromatic N) is 4. The van der Waals surface area contributed by atoms with Crippen molar-refractivity contribution in [2.75, 3.05) is 11.4 Å². The molecule has 7 nitrogen and oxygen atoms in total. The van der Waals surface area contributed by atoms with Crippen LogP contribution >= 0.6 is 0 Å². The van der Waals surface area contributed by atoms with Gasteiger partial charge in [-0.3, -0.25) is 4.79 Å². The lowest BCUT2D eigenvalue weighted by atomic mass is 10.2. The number of anilines is 1. The number of carbonyl (C=O) groups is 1. The van der Waals surface area contributed by atoms with Crippen LogP contribution in [-0.2, 0) is 7.05 Å². The third kappa shape index (κ3) is 2.51. The minimum atomic E-state index is -0.647. The van der Waals surface area contributed by atoms with Crippen molar-refractivity contribution >= 4 is 17.4 Å². The lowest BCUT2D eigenvalue weighted by molar-refractivity contribution is -0.390. The average molecular weight is 274 g/mol. The fourth-order valence-corrected chi connectivity index (χ4v) is 1.96. The zero-order valence-corrected chi connectivity index (χ0v) is 11.2. The van der Waals surface area contributed by atoms with Crippen molar-refractivity contribution in [3.8, 4) is 0 Å². The molecule has 1 aromatic heterocycles. The predicted octanol–water partition coefficient (Wildman–Crippen LogP) is 2.00. The number of carbonyl (C=O) groups excluding carboxylic acids is 1. The Balaban J connectivity index is 2.42. The SMILES string of the molecule is CCN(C(=O)c1cn(C)nc1[N+](=O)[O-])c1ccccc1. The highest BCUT2D eigenvalue weighted by Gasteiger charge is 2.29. The lowest BCUT2D eigenvalue weighted by Crippen LogP contribution is -2.30. The van der Waals surface area contributed by atoms with Crippen LogP contribution in [0.15, 0.2) is 36.5 Å². The number of aromatic nitrogens is 2. The highest BCUT2D eigenvalue weighted by Crippen LogP contribution is 2.21. The summed E-state index contributed by atoms with van der Waals surface area (Å²) in [5, 5.41) is 14.7. The first-order valence-electron chi connectivity index (χ1n) is 6.09. The molecular weight excluding hydrogens is 260 g/mol. The molecule has 1 aromatic carbocycles. The number of amides is 1. The van der Waals surface area contributed by atoms with Gasteiger partial charge in [0.1, 0.15) is 0 Å². The van der Waals surface area contributed by atoms with Gasteiger partial charge in [0.2, 0.25) is 0 Å². The molecular formula is C13H14N4O3. The minimum Gasteiger partial charge on any atom is -0.358 e. The quantitative estimate of drug-likeness (QED) is 0.630. The summed E-state index contributed by atoms with van der Waals surface area (Å²) in [6, 6.07) is 9.02. The van der Waals surface area contributed by atoms with Gasteiger partial charge in [-0.1, -0.05) is 18.2 Å². The van der Waals surface area contributed by atoms with E-state index in [0.29, 0.717) is 12.2 Å². The number of hydrogen-bond acceptors (Lipinski definition) is 4. The fourth-order valence-electron chi connectivity index (χ4n) is 1.96. The smallest absolute Gasteiger partial charge is 0.358 e. The normalized spacial score (nSPS) is 10.3. The van der Waals surface area contributed by atoms with Gasteiger partial charge in [0.15, 0.2) is 5.56 Å². The van der Waals surface area contributed by atoms with Crippen LogP contribution in [0, 0.1) is 10.1 Å². The fraction of sp³-hybridized carbons (Fsp3) is 0.231. The maximum absolute atomic E-state index is 12.5. The van der Waals surface area contributed by atoms with Gasteiger partial charge in [0, 0.05) is 12.2 Å². The van der Waals surface area contributed by atoms with Crippen LogP contribution in [0.1, 0.15) is 17.3 Å². The molecule has 0 spiro atoms. The first-order valence-corrected chi connectivity index (χ1v) is 6.09. The summed E-state index contributed by atoms with van der Waals surface area (Å²) >= 11 is 0. The number of nitro groups is 1. The molecule has 0 bridgehead atoms. The Morgan fingerprint density at radius 2 is 2.05 bits per heavy atom. The summed E-state index contributed by atoms with van der Waals surface area (Å²) in [6.07, 6.45) is 1.37. The number of hydrogen-bond donors (Lipinski definition) is 0. The first-order chi connectivity index (χ1) is 9.54. The van der Waals surface area contributed by atoms with Crippen molar-refractivity contribution < 1.29 is 9.72 Å². The second kappa shape index (κ2) is 5.52. The van der Waals surface area contributed by atoms with Crippen LogP contribution in [0.2, 0.25) is 0 Å². The molecule has 0 fully saturated rings. The second-order valence-corrected chi connectivity index (χ2v) is 4.18. The third-order valence-corrected chi connectivity index (χ3v) is 2.84. The van der Waals surface area contributed by atoms with Crippen molar-refractivity contribution in [2.45, 2.75) is 6.92 Å². The van der Waals surface area contributed by atoms with Gasteiger partial charge in [-0.15, -0.1) is 0 Å².